The number of carbonyl (C=O) groups excluding carboxylic acids is 1. The fourth-order valence-corrected chi connectivity index (χ4v) is 2.97. The summed E-state index contributed by atoms with van der Waals surface area (Å²) in [6, 6.07) is 8.40. The van der Waals surface area contributed by atoms with Gasteiger partial charge < -0.3 is 15.2 Å². The van der Waals surface area contributed by atoms with E-state index in [1.165, 1.54) is 12.3 Å². The number of aromatic carboxylic acids is 1. The van der Waals surface area contributed by atoms with Crippen LogP contribution in [0.2, 0.25) is 0 Å². The minimum absolute atomic E-state index is 0.0595. The van der Waals surface area contributed by atoms with E-state index < -0.39 is 11.9 Å². The summed E-state index contributed by atoms with van der Waals surface area (Å²) >= 11 is 3.27. The molecule has 1 aromatic carbocycles. The first kappa shape index (κ1) is 18.8. The highest BCUT2D eigenvalue weighted by molar-refractivity contribution is 9.10. The quantitative estimate of drug-likeness (QED) is 0.582. The molecule has 0 radical (unpaired) electrons. The molecule has 0 amide bonds. The number of aromatic nitrogens is 2. The molecule has 0 unspecified atom stereocenters. The van der Waals surface area contributed by atoms with Crippen molar-refractivity contribution in [1.82, 2.24) is 9.97 Å². The van der Waals surface area contributed by atoms with E-state index in [0.29, 0.717) is 26.9 Å². The number of ether oxygens (including phenoxy) is 1. The van der Waals surface area contributed by atoms with Gasteiger partial charge >= 0.3 is 11.9 Å². The Bertz CT molecular complexity index is 1050. The van der Waals surface area contributed by atoms with E-state index in [0.717, 1.165) is 5.69 Å². The smallest absolute Gasteiger partial charge is 0.341 e. The zero-order valence-electron chi connectivity index (χ0n) is 14.6. The van der Waals surface area contributed by atoms with Crippen molar-refractivity contribution in [3.8, 4) is 0 Å². The summed E-state index contributed by atoms with van der Waals surface area (Å²) in [6.07, 6.45) is 1.38. The molecular formula is C19H16BrN3O4. The predicted octanol–water partition coefficient (Wildman–Crippen LogP) is 4.32. The number of anilines is 2. The molecule has 0 fully saturated rings. The standard InChI is InChI=1S/C19H16BrN3O4/c1-3-27-19(26)14-9-21-17-12(6-4-10(2)22-17)16(14)23-15-7-5-11(20)8-13(15)18(24)25/h4-9H,3H2,1-2H3,(H,24,25)(H,21,22,23). The third-order valence-electron chi connectivity index (χ3n) is 3.84. The van der Waals surface area contributed by atoms with Crippen molar-refractivity contribution in [2.24, 2.45) is 0 Å². The molecule has 2 aromatic heterocycles. The summed E-state index contributed by atoms with van der Waals surface area (Å²) in [5.74, 6) is -1.65. The maximum atomic E-state index is 12.4. The highest BCUT2D eigenvalue weighted by Gasteiger charge is 2.20. The summed E-state index contributed by atoms with van der Waals surface area (Å²) in [5, 5.41) is 13.2. The third kappa shape index (κ3) is 3.90. The van der Waals surface area contributed by atoms with Crippen LogP contribution in [0, 0.1) is 6.92 Å². The van der Waals surface area contributed by atoms with Gasteiger partial charge in [-0.15, -0.1) is 0 Å². The van der Waals surface area contributed by atoms with E-state index in [1.807, 2.05) is 6.92 Å². The Morgan fingerprint density at radius 1 is 1.22 bits per heavy atom. The van der Waals surface area contributed by atoms with Crippen LogP contribution in [-0.2, 0) is 4.74 Å². The highest BCUT2D eigenvalue weighted by Crippen LogP contribution is 2.31. The summed E-state index contributed by atoms with van der Waals surface area (Å²) in [7, 11) is 0. The fraction of sp³-hybridized carbons (Fsp3) is 0.158. The molecule has 7 nitrogen and oxygen atoms in total. The van der Waals surface area contributed by atoms with Gasteiger partial charge in [-0.25, -0.2) is 19.6 Å². The summed E-state index contributed by atoms with van der Waals surface area (Å²) < 4.78 is 5.74. The lowest BCUT2D eigenvalue weighted by molar-refractivity contribution is 0.0527. The molecule has 3 aromatic rings. The number of rotatable bonds is 5. The molecule has 3 rings (SSSR count). The molecule has 0 aliphatic carbocycles. The maximum absolute atomic E-state index is 12.4. The summed E-state index contributed by atoms with van der Waals surface area (Å²) in [5.41, 5.74) is 2.22. The normalized spacial score (nSPS) is 10.6. The van der Waals surface area contributed by atoms with Crippen LogP contribution in [0.5, 0.6) is 0 Å². The van der Waals surface area contributed by atoms with Crippen LogP contribution in [-0.4, -0.2) is 33.6 Å². The number of carboxylic acid groups (broad SMARTS) is 1. The second kappa shape index (κ2) is 7.71. The average molecular weight is 430 g/mol. The number of benzene rings is 1. The van der Waals surface area contributed by atoms with Gasteiger partial charge in [-0.3, -0.25) is 0 Å². The van der Waals surface area contributed by atoms with Crippen LogP contribution in [0.1, 0.15) is 33.3 Å². The van der Waals surface area contributed by atoms with Gasteiger partial charge in [0, 0.05) is 21.7 Å². The zero-order chi connectivity index (χ0) is 19.6. The Hall–Kier alpha value is -3.00. The van der Waals surface area contributed by atoms with Gasteiger partial charge in [0.25, 0.3) is 0 Å². The molecule has 0 atom stereocenters. The van der Waals surface area contributed by atoms with Crippen molar-refractivity contribution in [2.45, 2.75) is 13.8 Å². The van der Waals surface area contributed by atoms with E-state index in [-0.39, 0.29) is 17.7 Å². The number of halogens is 1. The first-order valence-electron chi connectivity index (χ1n) is 8.14. The molecule has 0 aliphatic heterocycles. The molecule has 0 saturated carbocycles. The van der Waals surface area contributed by atoms with Gasteiger partial charge in [0.15, 0.2) is 5.65 Å². The highest BCUT2D eigenvalue weighted by atomic mass is 79.9. The first-order chi connectivity index (χ1) is 12.9. The Labute approximate surface area is 163 Å². The second-order valence-electron chi connectivity index (χ2n) is 5.71. The van der Waals surface area contributed by atoms with Crippen molar-refractivity contribution in [1.29, 1.82) is 0 Å². The fourth-order valence-electron chi connectivity index (χ4n) is 2.61. The van der Waals surface area contributed by atoms with Crippen LogP contribution in [0.25, 0.3) is 11.0 Å². The maximum Gasteiger partial charge on any atom is 0.341 e. The van der Waals surface area contributed by atoms with E-state index >= 15 is 0 Å². The number of carbonyl (C=O) groups is 2. The number of carboxylic acids is 1. The molecule has 27 heavy (non-hydrogen) atoms. The van der Waals surface area contributed by atoms with Gasteiger partial charge in [-0.1, -0.05) is 15.9 Å². The summed E-state index contributed by atoms with van der Waals surface area (Å²) in [6.45, 7) is 3.76. The van der Waals surface area contributed by atoms with E-state index in [2.05, 4.69) is 31.2 Å². The van der Waals surface area contributed by atoms with Gasteiger partial charge in [0.05, 0.1) is 23.5 Å². The minimum atomic E-state index is -1.09. The molecule has 138 valence electrons. The predicted molar refractivity (Wildman–Crippen MR) is 105 cm³/mol. The Morgan fingerprint density at radius 3 is 2.70 bits per heavy atom. The van der Waals surface area contributed by atoms with Crippen LogP contribution in [0.3, 0.4) is 0 Å². The number of aryl methyl sites for hydroxylation is 1. The Morgan fingerprint density at radius 2 is 2.00 bits per heavy atom. The van der Waals surface area contributed by atoms with Crippen molar-refractivity contribution < 1.29 is 19.4 Å². The molecule has 2 N–H and O–H groups in total. The summed E-state index contributed by atoms with van der Waals surface area (Å²) in [4.78, 5) is 32.6. The lowest BCUT2D eigenvalue weighted by Crippen LogP contribution is -2.11. The molecule has 8 heteroatoms. The number of hydrogen-bond donors (Lipinski definition) is 2. The van der Waals surface area contributed by atoms with E-state index in [9.17, 15) is 14.7 Å². The monoisotopic (exact) mass is 429 g/mol. The topological polar surface area (TPSA) is 101 Å². The van der Waals surface area contributed by atoms with Gasteiger partial charge in [0.2, 0.25) is 0 Å². The minimum Gasteiger partial charge on any atom is -0.478 e. The zero-order valence-corrected chi connectivity index (χ0v) is 16.2. The second-order valence-corrected chi connectivity index (χ2v) is 6.63. The van der Waals surface area contributed by atoms with Crippen LogP contribution in [0.4, 0.5) is 11.4 Å². The third-order valence-corrected chi connectivity index (χ3v) is 4.33. The van der Waals surface area contributed by atoms with Gasteiger partial charge in [-0.2, -0.15) is 0 Å². The largest absolute Gasteiger partial charge is 0.478 e. The number of nitrogens with one attached hydrogen (secondary N) is 1. The molecular weight excluding hydrogens is 414 g/mol. The number of hydrogen-bond acceptors (Lipinski definition) is 6. The van der Waals surface area contributed by atoms with Crippen LogP contribution in [0.15, 0.2) is 41.0 Å². The van der Waals surface area contributed by atoms with Crippen molar-refractivity contribution >= 4 is 50.3 Å². The van der Waals surface area contributed by atoms with Crippen molar-refractivity contribution in [3.05, 3.63) is 57.8 Å². The molecule has 0 bridgehead atoms. The number of pyridine rings is 2. The van der Waals surface area contributed by atoms with Gasteiger partial charge in [-0.05, 0) is 44.2 Å². The molecule has 0 saturated heterocycles. The molecule has 0 spiro atoms. The number of esters is 1. The number of fused-ring (bicyclic) bond motifs is 1. The molecule has 2 heterocycles. The van der Waals surface area contributed by atoms with Crippen molar-refractivity contribution in [3.63, 3.8) is 0 Å². The number of nitrogens with zero attached hydrogens (tertiary/aromatic N) is 2. The first-order valence-corrected chi connectivity index (χ1v) is 8.93. The Balaban J connectivity index is 2.21. The van der Waals surface area contributed by atoms with Crippen molar-refractivity contribution in [2.75, 3.05) is 11.9 Å². The van der Waals surface area contributed by atoms with Crippen LogP contribution < -0.4 is 5.32 Å². The van der Waals surface area contributed by atoms with Crippen LogP contribution >= 0.6 is 15.9 Å². The van der Waals surface area contributed by atoms with Gasteiger partial charge in [0.1, 0.15) is 5.56 Å². The average Bonchev–Trinajstić information content (AvgIpc) is 2.63. The SMILES string of the molecule is CCOC(=O)c1cnc2nc(C)ccc2c1Nc1ccc(Br)cc1C(=O)O. The Kier molecular flexibility index (Phi) is 5.36. The van der Waals surface area contributed by atoms with E-state index in [1.54, 1.807) is 31.2 Å². The van der Waals surface area contributed by atoms with E-state index in [4.69, 9.17) is 4.74 Å². The lowest BCUT2D eigenvalue weighted by Gasteiger charge is -2.15. The lowest BCUT2D eigenvalue weighted by atomic mass is 10.1. The molecule has 0 aliphatic rings.